The van der Waals surface area contributed by atoms with Gasteiger partial charge in [-0.15, -0.1) is 13.2 Å². The van der Waals surface area contributed by atoms with Gasteiger partial charge in [0.15, 0.2) is 0 Å². The largest absolute Gasteiger partial charge is 0.573 e. The molecule has 2 N–H and O–H groups in total. The highest BCUT2D eigenvalue weighted by Gasteiger charge is 2.31. The first-order valence-electron chi connectivity index (χ1n) is 6.85. The Hall–Kier alpha value is -1.32. The Balaban J connectivity index is 2.67. The van der Waals surface area contributed by atoms with E-state index >= 15 is 0 Å². The van der Waals surface area contributed by atoms with E-state index in [4.69, 9.17) is 0 Å². The van der Waals surface area contributed by atoms with Crippen molar-refractivity contribution in [3.63, 3.8) is 0 Å². The zero-order chi connectivity index (χ0) is 17.9. The molecule has 9 heteroatoms. The summed E-state index contributed by atoms with van der Waals surface area (Å²) in [5, 5.41) is 9.84. The fourth-order valence-electron chi connectivity index (χ4n) is 1.67. The third-order valence-corrected chi connectivity index (χ3v) is 4.55. The molecule has 132 valence electrons. The van der Waals surface area contributed by atoms with Crippen molar-refractivity contribution >= 4 is 10.0 Å². The Kier molecular flexibility index (Phi) is 6.06. The van der Waals surface area contributed by atoms with Crippen LogP contribution < -0.4 is 9.46 Å². The van der Waals surface area contributed by atoms with Crippen LogP contribution in [0.15, 0.2) is 29.2 Å². The third kappa shape index (κ3) is 6.76. The summed E-state index contributed by atoms with van der Waals surface area (Å²) in [7, 11) is -3.86. The number of sulfonamides is 1. The summed E-state index contributed by atoms with van der Waals surface area (Å²) in [6.07, 6.45) is -5.30. The normalized spacial score (nSPS) is 14.6. The van der Waals surface area contributed by atoms with Crippen LogP contribution >= 0.6 is 0 Å². The molecule has 0 saturated heterocycles. The maximum Gasteiger partial charge on any atom is 0.573 e. The fraction of sp³-hybridized carbons (Fsp3) is 0.571. The Morgan fingerprint density at radius 3 is 2.13 bits per heavy atom. The lowest BCUT2D eigenvalue weighted by Crippen LogP contribution is -2.32. The van der Waals surface area contributed by atoms with E-state index in [-0.39, 0.29) is 23.3 Å². The Bertz CT molecular complexity index is 606. The van der Waals surface area contributed by atoms with Crippen LogP contribution in [0.4, 0.5) is 13.2 Å². The Labute approximate surface area is 133 Å². The standard InChI is InChI=1S/C14H20F3NO4S/c1-13(2,3)12(19)8-9-18-23(20,21)11-6-4-10(5-7-11)22-14(15,16)17/h4-7,12,18-19H,8-9H2,1-3H3. The lowest BCUT2D eigenvalue weighted by molar-refractivity contribution is -0.274. The van der Waals surface area contributed by atoms with Crippen molar-refractivity contribution in [3.8, 4) is 5.75 Å². The number of aliphatic hydroxyl groups is 1. The number of hydrogen-bond acceptors (Lipinski definition) is 4. The minimum absolute atomic E-state index is 0.0154. The molecule has 1 rings (SSSR count). The highest BCUT2D eigenvalue weighted by molar-refractivity contribution is 7.89. The molecule has 1 aromatic rings. The second-order valence-corrected chi connectivity index (χ2v) is 7.85. The van der Waals surface area contributed by atoms with Crippen molar-refractivity contribution in [1.82, 2.24) is 4.72 Å². The minimum Gasteiger partial charge on any atom is -0.406 e. The van der Waals surface area contributed by atoms with E-state index in [2.05, 4.69) is 9.46 Å². The number of halogens is 3. The van der Waals surface area contributed by atoms with E-state index in [1.54, 1.807) is 0 Å². The number of ether oxygens (including phenoxy) is 1. The van der Waals surface area contributed by atoms with Gasteiger partial charge in [-0.3, -0.25) is 0 Å². The first-order valence-corrected chi connectivity index (χ1v) is 8.33. The molecule has 0 aliphatic carbocycles. The van der Waals surface area contributed by atoms with Crippen molar-refractivity contribution < 1.29 is 31.4 Å². The summed E-state index contributed by atoms with van der Waals surface area (Å²) in [5.41, 5.74) is -0.373. The van der Waals surface area contributed by atoms with Gasteiger partial charge in [0.05, 0.1) is 11.0 Å². The predicted molar refractivity (Wildman–Crippen MR) is 78.4 cm³/mol. The number of rotatable bonds is 6. The van der Waals surface area contributed by atoms with Gasteiger partial charge in [0.1, 0.15) is 5.75 Å². The van der Waals surface area contributed by atoms with Crippen LogP contribution in [-0.2, 0) is 10.0 Å². The molecule has 0 aliphatic rings. The smallest absolute Gasteiger partial charge is 0.406 e. The summed E-state index contributed by atoms with van der Waals surface area (Å²) in [4.78, 5) is -0.183. The number of nitrogens with one attached hydrogen (secondary N) is 1. The van der Waals surface area contributed by atoms with Gasteiger partial charge in [0, 0.05) is 6.54 Å². The van der Waals surface area contributed by atoms with Gasteiger partial charge in [0.2, 0.25) is 10.0 Å². The molecule has 1 unspecified atom stereocenters. The highest BCUT2D eigenvalue weighted by atomic mass is 32.2. The lowest BCUT2D eigenvalue weighted by Gasteiger charge is -2.25. The summed E-state index contributed by atoms with van der Waals surface area (Å²) in [5.74, 6) is -0.500. The molecule has 0 aromatic heterocycles. The molecule has 0 radical (unpaired) electrons. The average molecular weight is 355 g/mol. The first kappa shape index (κ1) is 19.7. The quantitative estimate of drug-likeness (QED) is 0.823. The van der Waals surface area contributed by atoms with Crippen molar-refractivity contribution in [2.24, 2.45) is 5.41 Å². The van der Waals surface area contributed by atoms with Gasteiger partial charge in [0.25, 0.3) is 0 Å². The SMILES string of the molecule is CC(C)(C)C(O)CCNS(=O)(=O)c1ccc(OC(F)(F)F)cc1. The van der Waals surface area contributed by atoms with E-state index in [0.717, 1.165) is 24.3 Å². The topological polar surface area (TPSA) is 75.6 Å². The summed E-state index contributed by atoms with van der Waals surface area (Å²) in [6.45, 7) is 5.49. The van der Waals surface area contributed by atoms with E-state index in [1.807, 2.05) is 20.8 Å². The lowest BCUT2D eigenvalue weighted by atomic mass is 9.87. The minimum atomic E-state index is -4.83. The number of aliphatic hydroxyl groups excluding tert-OH is 1. The van der Waals surface area contributed by atoms with Gasteiger partial charge in [-0.1, -0.05) is 20.8 Å². The molecule has 0 bridgehead atoms. The predicted octanol–water partition coefficient (Wildman–Crippen LogP) is 2.66. The molecule has 0 aliphatic heterocycles. The molecule has 0 spiro atoms. The molecule has 23 heavy (non-hydrogen) atoms. The maximum atomic E-state index is 12.0. The summed E-state index contributed by atoms with van der Waals surface area (Å²) < 4.78 is 66.1. The van der Waals surface area contributed by atoms with Crippen molar-refractivity contribution in [2.45, 2.75) is 44.6 Å². The van der Waals surface area contributed by atoms with E-state index in [1.165, 1.54) is 0 Å². The van der Waals surface area contributed by atoms with Crippen molar-refractivity contribution in [2.75, 3.05) is 6.54 Å². The van der Waals surface area contributed by atoms with Crippen LogP contribution in [0.3, 0.4) is 0 Å². The van der Waals surface area contributed by atoms with Crippen LogP contribution in [0.2, 0.25) is 0 Å². The maximum absolute atomic E-state index is 12.0. The highest BCUT2D eigenvalue weighted by Crippen LogP contribution is 2.24. The summed E-state index contributed by atoms with van der Waals surface area (Å²) in [6, 6.07) is 3.88. The van der Waals surface area contributed by atoms with Gasteiger partial charge in [-0.25, -0.2) is 13.1 Å². The van der Waals surface area contributed by atoms with Gasteiger partial charge in [-0.2, -0.15) is 0 Å². The monoisotopic (exact) mass is 355 g/mol. The number of hydrogen-bond donors (Lipinski definition) is 2. The Morgan fingerprint density at radius 1 is 1.17 bits per heavy atom. The third-order valence-electron chi connectivity index (χ3n) is 3.08. The summed E-state index contributed by atoms with van der Waals surface area (Å²) >= 11 is 0. The average Bonchev–Trinajstić information content (AvgIpc) is 2.36. The second kappa shape index (κ2) is 7.06. The van der Waals surface area contributed by atoms with Crippen LogP contribution in [-0.4, -0.2) is 32.5 Å². The molecule has 0 saturated carbocycles. The van der Waals surface area contributed by atoms with Crippen LogP contribution in [0, 0.1) is 5.41 Å². The van der Waals surface area contributed by atoms with Crippen molar-refractivity contribution in [1.29, 1.82) is 0 Å². The fourth-order valence-corrected chi connectivity index (χ4v) is 2.71. The van der Waals surface area contributed by atoms with Gasteiger partial charge < -0.3 is 9.84 Å². The van der Waals surface area contributed by atoms with E-state index < -0.39 is 28.2 Å². The molecule has 1 atom stereocenters. The second-order valence-electron chi connectivity index (χ2n) is 6.09. The van der Waals surface area contributed by atoms with Crippen LogP contribution in [0.25, 0.3) is 0 Å². The van der Waals surface area contributed by atoms with Gasteiger partial charge in [-0.05, 0) is 36.1 Å². The molecule has 1 aromatic carbocycles. The number of alkyl halides is 3. The molecule has 5 nitrogen and oxygen atoms in total. The van der Waals surface area contributed by atoms with Gasteiger partial charge >= 0.3 is 6.36 Å². The zero-order valence-corrected chi connectivity index (χ0v) is 13.8. The van der Waals surface area contributed by atoms with E-state index in [9.17, 15) is 26.7 Å². The van der Waals surface area contributed by atoms with Crippen molar-refractivity contribution in [3.05, 3.63) is 24.3 Å². The van der Waals surface area contributed by atoms with Crippen LogP contribution in [0.1, 0.15) is 27.2 Å². The first-order chi connectivity index (χ1) is 10.3. The Morgan fingerprint density at radius 2 is 1.70 bits per heavy atom. The molecule has 0 amide bonds. The zero-order valence-electron chi connectivity index (χ0n) is 13.0. The molecule has 0 heterocycles. The van der Waals surface area contributed by atoms with Crippen LogP contribution in [0.5, 0.6) is 5.75 Å². The molecule has 0 fully saturated rings. The van der Waals surface area contributed by atoms with E-state index in [0.29, 0.717) is 0 Å². The molecular weight excluding hydrogens is 335 g/mol. The molecular formula is C14H20F3NO4S. The number of benzene rings is 1.